The molecule has 2 amide bonds. The Balaban J connectivity index is 1.80. The van der Waals surface area contributed by atoms with Crippen molar-refractivity contribution >= 4 is 17.4 Å². The standard InChI is InChI=1S/C15H26N4O2S/c1-4-17(5-2)14(20)18-9-6-16(7-10-18)8-11-19-13(3)12-22-15(19)21/h12H,4-11H2,1-3H3. The second-order valence-corrected chi connectivity index (χ2v) is 6.40. The Morgan fingerprint density at radius 1 is 1.18 bits per heavy atom. The van der Waals surface area contributed by atoms with Crippen molar-refractivity contribution in [2.45, 2.75) is 27.3 Å². The molecule has 0 N–H and O–H groups in total. The number of carbonyl (C=O) groups excluding carboxylic acids is 1. The summed E-state index contributed by atoms with van der Waals surface area (Å²) in [5, 5.41) is 1.91. The highest BCUT2D eigenvalue weighted by Gasteiger charge is 2.23. The van der Waals surface area contributed by atoms with E-state index in [4.69, 9.17) is 0 Å². The summed E-state index contributed by atoms with van der Waals surface area (Å²) in [6.45, 7) is 12.4. The number of nitrogens with zero attached hydrogens (tertiary/aromatic N) is 4. The molecule has 0 bridgehead atoms. The molecular weight excluding hydrogens is 300 g/mol. The summed E-state index contributed by atoms with van der Waals surface area (Å²) >= 11 is 1.26. The van der Waals surface area contributed by atoms with Gasteiger partial charge in [0.25, 0.3) is 0 Å². The molecule has 1 aliphatic rings. The molecule has 1 fully saturated rings. The maximum atomic E-state index is 12.3. The van der Waals surface area contributed by atoms with Crippen molar-refractivity contribution in [2.24, 2.45) is 0 Å². The second kappa shape index (κ2) is 7.78. The van der Waals surface area contributed by atoms with E-state index >= 15 is 0 Å². The smallest absolute Gasteiger partial charge is 0.320 e. The predicted octanol–water partition coefficient (Wildman–Crippen LogP) is 1.30. The van der Waals surface area contributed by atoms with Gasteiger partial charge in [-0.3, -0.25) is 9.69 Å². The topological polar surface area (TPSA) is 48.8 Å². The van der Waals surface area contributed by atoms with E-state index in [9.17, 15) is 9.59 Å². The van der Waals surface area contributed by atoms with Gasteiger partial charge >= 0.3 is 10.9 Å². The molecule has 1 aliphatic heterocycles. The van der Waals surface area contributed by atoms with Gasteiger partial charge in [0.2, 0.25) is 0 Å². The summed E-state index contributed by atoms with van der Waals surface area (Å²) in [6, 6.07) is 0.148. The Labute approximate surface area is 135 Å². The zero-order chi connectivity index (χ0) is 16.1. The fraction of sp³-hybridized carbons (Fsp3) is 0.733. The maximum Gasteiger partial charge on any atom is 0.320 e. The average molecular weight is 326 g/mol. The van der Waals surface area contributed by atoms with E-state index in [0.29, 0.717) is 0 Å². The van der Waals surface area contributed by atoms with Gasteiger partial charge in [0.1, 0.15) is 0 Å². The molecular formula is C15H26N4O2S. The quantitative estimate of drug-likeness (QED) is 0.819. The molecule has 0 atom stereocenters. The third-order valence-electron chi connectivity index (χ3n) is 4.29. The molecule has 0 saturated carbocycles. The maximum absolute atomic E-state index is 12.3. The molecule has 0 aromatic carbocycles. The van der Waals surface area contributed by atoms with Crippen LogP contribution in [0, 0.1) is 6.92 Å². The molecule has 1 saturated heterocycles. The van der Waals surface area contributed by atoms with Gasteiger partial charge < -0.3 is 14.4 Å². The monoisotopic (exact) mass is 326 g/mol. The largest absolute Gasteiger partial charge is 0.325 e. The Kier molecular flexibility index (Phi) is 6.02. The van der Waals surface area contributed by atoms with Crippen LogP contribution in [-0.2, 0) is 6.54 Å². The number of aryl methyl sites for hydroxylation is 1. The molecule has 0 radical (unpaired) electrons. The fourth-order valence-electron chi connectivity index (χ4n) is 2.77. The van der Waals surface area contributed by atoms with Gasteiger partial charge in [-0.2, -0.15) is 0 Å². The van der Waals surface area contributed by atoms with Crippen LogP contribution >= 0.6 is 11.3 Å². The zero-order valence-corrected chi connectivity index (χ0v) is 14.6. The molecule has 1 aromatic rings. The Bertz CT molecular complexity index is 542. The van der Waals surface area contributed by atoms with E-state index in [1.807, 2.05) is 40.5 Å². The number of piperazine rings is 1. The van der Waals surface area contributed by atoms with Crippen LogP contribution in [0.15, 0.2) is 10.2 Å². The van der Waals surface area contributed by atoms with Gasteiger partial charge in [0.05, 0.1) is 0 Å². The van der Waals surface area contributed by atoms with E-state index in [1.54, 1.807) is 0 Å². The van der Waals surface area contributed by atoms with Crippen LogP contribution in [0.5, 0.6) is 0 Å². The number of hydrogen-bond donors (Lipinski definition) is 0. The van der Waals surface area contributed by atoms with Crippen LogP contribution in [0.2, 0.25) is 0 Å². The SMILES string of the molecule is CCN(CC)C(=O)N1CCN(CCn2c(C)csc2=O)CC1. The average Bonchev–Trinajstić information content (AvgIpc) is 2.85. The molecule has 2 heterocycles. The number of urea groups is 1. The molecule has 1 aromatic heterocycles. The molecule has 2 rings (SSSR count). The van der Waals surface area contributed by atoms with Crippen molar-refractivity contribution in [3.63, 3.8) is 0 Å². The van der Waals surface area contributed by atoms with E-state index in [1.165, 1.54) is 11.3 Å². The number of amides is 2. The van der Waals surface area contributed by atoms with Gasteiger partial charge in [0, 0.05) is 63.4 Å². The van der Waals surface area contributed by atoms with Gasteiger partial charge in [-0.1, -0.05) is 11.3 Å². The molecule has 7 heteroatoms. The highest BCUT2D eigenvalue weighted by molar-refractivity contribution is 7.07. The molecule has 6 nitrogen and oxygen atoms in total. The third-order valence-corrected chi connectivity index (χ3v) is 5.17. The number of hydrogen-bond acceptors (Lipinski definition) is 4. The summed E-state index contributed by atoms with van der Waals surface area (Å²) in [6.07, 6.45) is 0. The van der Waals surface area contributed by atoms with Gasteiger partial charge in [-0.25, -0.2) is 4.79 Å². The summed E-state index contributed by atoms with van der Waals surface area (Å²) < 4.78 is 1.83. The summed E-state index contributed by atoms with van der Waals surface area (Å²) in [7, 11) is 0. The van der Waals surface area contributed by atoms with Crippen LogP contribution in [0.1, 0.15) is 19.5 Å². The second-order valence-electron chi connectivity index (χ2n) is 5.58. The molecule has 0 spiro atoms. The van der Waals surface area contributed by atoms with Crippen molar-refractivity contribution in [1.29, 1.82) is 0 Å². The summed E-state index contributed by atoms with van der Waals surface area (Å²) in [4.78, 5) is 30.2. The van der Waals surface area contributed by atoms with Gasteiger partial charge in [0.15, 0.2) is 0 Å². The molecule has 0 aliphatic carbocycles. The zero-order valence-electron chi connectivity index (χ0n) is 13.7. The minimum atomic E-state index is 0.118. The molecule has 124 valence electrons. The Hall–Kier alpha value is -1.34. The number of aromatic nitrogens is 1. The molecule has 22 heavy (non-hydrogen) atoms. The van der Waals surface area contributed by atoms with E-state index in [2.05, 4.69) is 4.90 Å². The predicted molar refractivity (Wildman–Crippen MR) is 89.6 cm³/mol. The van der Waals surface area contributed by atoms with Crippen LogP contribution in [0.25, 0.3) is 0 Å². The molecule has 0 unspecified atom stereocenters. The lowest BCUT2D eigenvalue weighted by Gasteiger charge is -2.37. The van der Waals surface area contributed by atoms with Crippen LogP contribution in [-0.4, -0.2) is 71.1 Å². The van der Waals surface area contributed by atoms with Crippen molar-refractivity contribution in [1.82, 2.24) is 19.3 Å². The van der Waals surface area contributed by atoms with E-state index < -0.39 is 0 Å². The van der Waals surface area contributed by atoms with Crippen LogP contribution < -0.4 is 4.87 Å². The lowest BCUT2D eigenvalue weighted by molar-refractivity contribution is 0.113. The third kappa shape index (κ3) is 3.89. The summed E-state index contributed by atoms with van der Waals surface area (Å²) in [5.74, 6) is 0. The van der Waals surface area contributed by atoms with Gasteiger partial charge in [-0.05, 0) is 20.8 Å². The minimum absolute atomic E-state index is 0.118. The van der Waals surface area contributed by atoms with Crippen LogP contribution in [0.3, 0.4) is 0 Å². The Morgan fingerprint density at radius 2 is 1.82 bits per heavy atom. The lowest BCUT2D eigenvalue weighted by Crippen LogP contribution is -2.53. The van der Waals surface area contributed by atoms with Gasteiger partial charge in [-0.15, -0.1) is 0 Å². The first-order chi connectivity index (χ1) is 10.6. The number of carbonyl (C=O) groups is 1. The first-order valence-electron chi connectivity index (χ1n) is 7.98. The first kappa shape index (κ1) is 17.0. The minimum Gasteiger partial charge on any atom is -0.325 e. The van der Waals surface area contributed by atoms with E-state index in [0.717, 1.165) is 58.1 Å². The van der Waals surface area contributed by atoms with E-state index in [-0.39, 0.29) is 10.9 Å². The van der Waals surface area contributed by atoms with Crippen molar-refractivity contribution in [2.75, 3.05) is 45.8 Å². The van der Waals surface area contributed by atoms with Crippen molar-refractivity contribution in [3.05, 3.63) is 20.7 Å². The highest BCUT2D eigenvalue weighted by atomic mass is 32.1. The van der Waals surface area contributed by atoms with Crippen molar-refractivity contribution in [3.8, 4) is 0 Å². The number of rotatable bonds is 5. The first-order valence-corrected chi connectivity index (χ1v) is 8.85. The summed E-state index contributed by atoms with van der Waals surface area (Å²) in [5.41, 5.74) is 1.03. The van der Waals surface area contributed by atoms with Crippen molar-refractivity contribution < 1.29 is 4.79 Å². The van der Waals surface area contributed by atoms with Crippen LogP contribution in [0.4, 0.5) is 4.79 Å². The lowest BCUT2D eigenvalue weighted by atomic mass is 10.3. The highest BCUT2D eigenvalue weighted by Crippen LogP contribution is 2.07. The normalized spacial score (nSPS) is 16.0. The Morgan fingerprint density at radius 3 is 2.32 bits per heavy atom. The number of thiazole rings is 1. The fourth-order valence-corrected chi connectivity index (χ4v) is 3.53.